The van der Waals surface area contributed by atoms with E-state index in [4.69, 9.17) is 31.4 Å². The number of fused-ring (bicyclic) bond motifs is 5. The van der Waals surface area contributed by atoms with Crippen LogP contribution in [-0.2, 0) is 25.6 Å². The van der Waals surface area contributed by atoms with Gasteiger partial charge in [0.1, 0.15) is 61.2 Å². The first kappa shape index (κ1) is 52.8. The third-order valence-corrected chi connectivity index (χ3v) is 11.3. The number of aryl methyl sites for hydroxylation is 2. The van der Waals surface area contributed by atoms with Crippen LogP contribution in [0, 0.1) is 30.6 Å². The van der Waals surface area contributed by atoms with E-state index in [2.05, 4.69) is 52.0 Å². The highest BCUT2D eigenvalue weighted by Gasteiger charge is 2.36. The number of nitrogens with one attached hydrogen (secondary N) is 4. The highest BCUT2D eigenvalue weighted by atomic mass is 16.5. The van der Waals surface area contributed by atoms with Crippen LogP contribution in [-0.4, -0.2) is 116 Å². The first-order chi connectivity index (χ1) is 32.9. The number of aromatic nitrogens is 2. The maximum Gasteiger partial charge on any atom is 0.255 e. The zero-order valence-corrected chi connectivity index (χ0v) is 40.4. The Labute approximate surface area is 403 Å². The lowest BCUT2D eigenvalue weighted by Gasteiger charge is -2.32. The average molecular weight is 948 g/mol. The number of benzene rings is 3. The predicted molar refractivity (Wildman–Crippen MR) is 260 cm³/mol. The normalized spacial score (nSPS) is 16.4. The molecule has 5 amide bonds. The summed E-state index contributed by atoms with van der Waals surface area (Å²) in [6.45, 7) is 12.2. The minimum absolute atomic E-state index is 0.00224. The van der Waals surface area contributed by atoms with Gasteiger partial charge in [0.2, 0.25) is 23.6 Å². The predicted octanol–water partition coefficient (Wildman–Crippen LogP) is 2.75. The third-order valence-electron chi connectivity index (χ3n) is 11.3. The SMILES string of the molecule is Cc1nc(-c2ccc(OCCC(C)(C)C)cc2)nc(C)c1C(=O)N[C@@H](CCN)C(=O)N(C)[C@@H]1C(=O)N[C@@H](C)C(=O)N[C@H](C(=O)NCC#N)Cc2ccc(OCCN)c(c2)-c2cc1ccc2OCCN. The fraction of sp³-hybridized carbons (Fsp3) is 0.440. The summed E-state index contributed by atoms with van der Waals surface area (Å²) in [5.74, 6) is -1.50. The van der Waals surface area contributed by atoms with Crippen molar-refractivity contribution in [1.82, 2.24) is 36.1 Å². The van der Waals surface area contributed by atoms with E-state index in [1.165, 1.54) is 18.9 Å². The lowest BCUT2D eigenvalue weighted by Crippen LogP contribution is -2.56. The number of carbonyl (C=O) groups excluding carboxylic acids is 5. The molecule has 0 radical (unpaired) electrons. The van der Waals surface area contributed by atoms with E-state index in [0.29, 0.717) is 63.3 Å². The number of nitriles is 1. The van der Waals surface area contributed by atoms with Crippen molar-refractivity contribution in [3.05, 3.63) is 88.7 Å². The molecule has 5 rings (SSSR count). The van der Waals surface area contributed by atoms with E-state index in [-0.39, 0.29) is 63.2 Å². The lowest BCUT2D eigenvalue weighted by atomic mass is 9.93. The summed E-state index contributed by atoms with van der Waals surface area (Å²) in [6, 6.07) is 14.4. The molecule has 0 aliphatic carbocycles. The molecule has 3 aromatic carbocycles. The topological polar surface area (TPSA) is 292 Å². The van der Waals surface area contributed by atoms with Gasteiger partial charge in [-0.1, -0.05) is 32.9 Å². The third kappa shape index (κ3) is 14.0. The van der Waals surface area contributed by atoms with Crippen molar-refractivity contribution >= 4 is 29.5 Å². The monoisotopic (exact) mass is 948 g/mol. The largest absolute Gasteiger partial charge is 0.494 e. The van der Waals surface area contributed by atoms with Crippen molar-refractivity contribution in [2.75, 3.05) is 53.0 Å². The fourth-order valence-electron chi connectivity index (χ4n) is 7.71. The maximum absolute atomic E-state index is 14.8. The number of carbonyl (C=O) groups is 5. The fourth-order valence-corrected chi connectivity index (χ4v) is 7.71. The molecule has 1 aliphatic heterocycles. The van der Waals surface area contributed by atoms with Gasteiger partial charge in [-0.3, -0.25) is 24.0 Å². The molecule has 368 valence electrons. The van der Waals surface area contributed by atoms with Crippen LogP contribution in [0.25, 0.3) is 22.5 Å². The number of amides is 5. The zero-order valence-electron chi connectivity index (χ0n) is 40.4. The Kier molecular flexibility index (Phi) is 18.6. The molecule has 19 heteroatoms. The van der Waals surface area contributed by atoms with Crippen LogP contribution in [0.5, 0.6) is 17.2 Å². The van der Waals surface area contributed by atoms with Crippen LogP contribution in [0.1, 0.15) is 79.5 Å². The molecule has 1 aliphatic rings. The van der Waals surface area contributed by atoms with Gasteiger partial charge < -0.3 is 57.6 Å². The van der Waals surface area contributed by atoms with Crippen molar-refractivity contribution in [2.45, 2.75) is 85.0 Å². The van der Waals surface area contributed by atoms with Crippen LogP contribution in [0.4, 0.5) is 0 Å². The van der Waals surface area contributed by atoms with Crippen molar-refractivity contribution in [3.8, 4) is 45.8 Å². The van der Waals surface area contributed by atoms with Crippen molar-refractivity contribution in [3.63, 3.8) is 0 Å². The van der Waals surface area contributed by atoms with Crippen LogP contribution >= 0.6 is 0 Å². The van der Waals surface area contributed by atoms with Gasteiger partial charge in [0.25, 0.3) is 5.91 Å². The number of ether oxygens (including phenoxy) is 3. The number of likely N-dealkylation sites (N-methyl/N-ethyl adjacent to an activating group) is 1. The van der Waals surface area contributed by atoms with Gasteiger partial charge in [0.15, 0.2) is 5.82 Å². The Morgan fingerprint density at radius 2 is 1.48 bits per heavy atom. The highest BCUT2D eigenvalue weighted by Crippen LogP contribution is 2.40. The van der Waals surface area contributed by atoms with Gasteiger partial charge in [0.05, 0.1) is 29.6 Å². The summed E-state index contributed by atoms with van der Waals surface area (Å²) in [4.78, 5) is 81.2. The van der Waals surface area contributed by atoms with Crippen molar-refractivity contribution in [2.24, 2.45) is 22.6 Å². The molecular weight excluding hydrogens is 883 g/mol. The number of hydrogen-bond donors (Lipinski definition) is 7. The van der Waals surface area contributed by atoms with Gasteiger partial charge in [-0.15, -0.1) is 0 Å². The molecule has 4 bridgehead atoms. The molecule has 4 aromatic rings. The van der Waals surface area contributed by atoms with Gasteiger partial charge in [0, 0.05) is 43.2 Å². The van der Waals surface area contributed by atoms with Gasteiger partial charge in [-0.05, 0) is 105 Å². The standard InChI is InChI=1S/C50H65N11O8/c1-29-42(30(2)57-44(56-29)33-9-12-35(13-10-33)67-23-17-50(4,5)6)47(64)59-38(16-18-51)49(66)61(7)43-34-11-15-41(69-25-21-54)37(28-34)36-26-32(8-14-40(36)68-24-20-53)27-39(46(63)55-22-19-52)60-45(62)31(3)58-48(43)65/h8-15,26,28,31,38-39,43H,16-18,20-25,27,51,53-54H2,1-7H3,(H,55,63)(H,58,65)(H,59,64)(H,60,62)/t31-,38-,39-,43-/m0/s1. The Balaban J connectivity index is 1.52. The van der Waals surface area contributed by atoms with Crippen LogP contribution in [0.2, 0.25) is 0 Å². The molecule has 10 N–H and O–H groups in total. The second-order valence-electron chi connectivity index (χ2n) is 18.0. The first-order valence-corrected chi connectivity index (χ1v) is 22.9. The molecule has 19 nitrogen and oxygen atoms in total. The Morgan fingerprint density at radius 1 is 0.855 bits per heavy atom. The second-order valence-corrected chi connectivity index (χ2v) is 18.0. The summed E-state index contributed by atoms with van der Waals surface area (Å²) in [5, 5.41) is 19.9. The first-order valence-electron chi connectivity index (χ1n) is 22.9. The van der Waals surface area contributed by atoms with Gasteiger partial charge >= 0.3 is 0 Å². The Morgan fingerprint density at radius 3 is 2.07 bits per heavy atom. The Bertz CT molecular complexity index is 2500. The van der Waals surface area contributed by atoms with E-state index in [9.17, 15) is 29.2 Å². The highest BCUT2D eigenvalue weighted by molar-refractivity contribution is 6.00. The van der Waals surface area contributed by atoms with E-state index in [1.54, 1.807) is 50.2 Å². The zero-order chi connectivity index (χ0) is 50.4. The molecule has 69 heavy (non-hydrogen) atoms. The van der Waals surface area contributed by atoms with Crippen molar-refractivity contribution < 1.29 is 38.2 Å². The number of nitrogens with zero attached hydrogens (tertiary/aromatic N) is 4. The van der Waals surface area contributed by atoms with E-state index < -0.39 is 53.7 Å². The minimum Gasteiger partial charge on any atom is -0.494 e. The number of rotatable bonds is 18. The van der Waals surface area contributed by atoms with E-state index >= 15 is 0 Å². The van der Waals surface area contributed by atoms with Crippen molar-refractivity contribution in [1.29, 1.82) is 5.26 Å². The smallest absolute Gasteiger partial charge is 0.255 e. The summed E-state index contributed by atoms with van der Waals surface area (Å²) in [5.41, 5.74) is 21.4. The van der Waals surface area contributed by atoms with E-state index in [0.717, 1.165) is 12.0 Å². The summed E-state index contributed by atoms with van der Waals surface area (Å²) < 4.78 is 18.1. The second kappa shape index (κ2) is 24.2. The summed E-state index contributed by atoms with van der Waals surface area (Å²) in [6.07, 6.45) is 0.879. The average Bonchev–Trinajstić information content (AvgIpc) is 3.30. The number of nitrogens with two attached hydrogens (primary N) is 3. The van der Waals surface area contributed by atoms with Crippen LogP contribution in [0.3, 0.4) is 0 Å². The number of hydrogen-bond acceptors (Lipinski definition) is 14. The molecule has 1 aromatic heterocycles. The minimum atomic E-state index is -1.41. The Hall–Kier alpha value is -7.14. The maximum atomic E-state index is 14.8. The lowest BCUT2D eigenvalue weighted by molar-refractivity contribution is -0.141. The summed E-state index contributed by atoms with van der Waals surface area (Å²) in [7, 11) is 1.41. The van der Waals surface area contributed by atoms with E-state index in [1.807, 2.05) is 30.3 Å². The summed E-state index contributed by atoms with van der Waals surface area (Å²) >= 11 is 0. The van der Waals surface area contributed by atoms with Gasteiger partial charge in [-0.2, -0.15) is 5.26 Å². The molecule has 0 saturated heterocycles. The van der Waals surface area contributed by atoms with Crippen LogP contribution in [0.15, 0.2) is 60.7 Å². The molecule has 4 atom stereocenters. The quantitative estimate of drug-likeness (QED) is 0.0707. The van der Waals surface area contributed by atoms with Crippen LogP contribution < -0.4 is 52.7 Å². The molecule has 0 unspecified atom stereocenters. The molecule has 0 spiro atoms. The molecule has 0 fully saturated rings. The van der Waals surface area contributed by atoms with Gasteiger partial charge in [-0.25, -0.2) is 9.97 Å². The molecule has 2 heterocycles. The molecular formula is C50H65N11O8. The molecule has 0 saturated carbocycles.